The van der Waals surface area contributed by atoms with Crippen LogP contribution in [-0.2, 0) is 10.9 Å². The molecule has 3 aromatic rings. The minimum absolute atomic E-state index is 0.0229. The summed E-state index contributed by atoms with van der Waals surface area (Å²) in [4.78, 5) is 16.1. The molecule has 2 heterocycles. The highest BCUT2D eigenvalue weighted by atomic mass is 35.5. The van der Waals surface area contributed by atoms with E-state index >= 15 is 0 Å². The zero-order chi connectivity index (χ0) is 19.8. The van der Waals surface area contributed by atoms with Gasteiger partial charge in [0.05, 0.1) is 19.4 Å². The Labute approximate surface area is 156 Å². The first kappa shape index (κ1) is 19.0. The average molecular weight is 400 g/mol. The first-order chi connectivity index (χ1) is 12.8. The molecule has 3 rings (SSSR count). The Bertz CT molecular complexity index is 1000. The summed E-state index contributed by atoms with van der Waals surface area (Å²) in [6.45, 7) is 1.59. The Hall–Kier alpha value is -2.81. The predicted molar refractivity (Wildman–Crippen MR) is 90.9 cm³/mol. The summed E-state index contributed by atoms with van der Waals surface area (Å²) >= 11 is 6.08. The zero-order valence-corrected chi connectivity index (χ0v) is 14.9. The molecule has 0 bridgehead atoms. The van der Waals surface area contributed by atoms with E-state index in [2.05, 4.69) is 10.1 Å². The van der Waals surface area contributed by atoms with Crippen molar-refractivity contribution in [2.75, 3.05) is 13.7 Å². The Morgan fingerprint density at radius 1 is 1.26 bits per heavy atom. The molecule has 0 aliphatic rings. The molecule has 0 saturated heterocycles. The first-order valence-corrected chi connectivity index (χ1v) is 8.12. The van der Waals surface area contributed by atoms with Gasteiger partial charge in [0.2, 0.25) is 0 Å². The molecule has 0 aliphatic heterocycles. The third-order valence-electron chi connectivity index (χ3n) is 3.68. The van der Waals surface area contributed by atoms with Gasteiger partial charge < -0.3 is 9.47 Å². The molecule has 0 spiro atoms. The van der Waals surface area contributed by atoms with Crippen LogP contribution in [0.4, 0.5) is 13.2 Å². The van der Waals surface area contributed by atoms with Crippen LogP contribution in [0.5, 0.6) is 5.75 Å². The van der Waals surface area contributed by atoms with Crippen LogP contribution in [0.25, 0.3) is 16.9 Å². The van der Waals surface area contributed by atoms with Crippen molar-refractivity contribution >= 4 is 23.2 Å². The van der Waals surface area contributed by atoms with Gasteiger partial charge in [-0.1, -0.05) is 11.6 Å². The SMILES string of the molecule is CCOC(=O)c1nn2c(C(F)(F)F)cc(-c3ccc(OC)cc3)nc2c1Cl. The van der Waals surface area contributed by atoms with E-state index < -0.39 is 23.5 Å². The molecule has 0 aliphatic carbocycles. The van der Waals surface area contributed by atoms with E-state index in [1.54, 1.807) is 31.2 Å². The number of aromatic nitrogens is 3. The van der Waals surface area contributed by atoms with Gasteiger partial charge in [-0.25, -0.2) is 14.3 Å². The third kappa shape index (κ3) is 3.55. The largest absolute Gasteiger partial charge is 0.497 e. The molecule has 0 atom stereocenters. The molecule has 0 saturated carbocycles. The topological polar surface area (TPSA) is 65.7 Å². The zero-order valence-electron chi connectivity index (χ0n) is 14.2. The van der Waals surface area contributed by atoms with Crippen molar-refractivity contribution in [2.45, 2.75) is 13.1 Å². The van der Waals surface area contributed by atoms with Crippen LogP contribution in [0.15, 0.2) is 30.3 Å². The fourth-order valence-electron chi connectivity index (χ4n) is 2.43. The number of esters is 1. The molecule has 6 nitrogen and oxygen atoms in total. The van der Waals surface area contributed by atoms with Gasteiger partial charge >= 0.3 is 12.1 Å². The summed E-state index contributed by atoms with van der Waals surface area (Å²) in [6.07, 6.45) is -4.75. The van der Waals surface area contributed by atoms with Gasteiger partial charge in [0, 0.05) is 5.56 Å². The second-order valence-corrected chi connectivity index (χ2v) is 5.75. The van der Waals surface area contributed by atoms with Gasteiger partial charge in [-0.3, -0.25) is 0 Å². The highest BCUT2D eigenvalue weighted by Gasteiger charge is 2.36. The van der Waals surface area contributed by atoms with Crippen molar-refractivity contribution in [3.63, 3.8) is 0 Å². The number of ether oxygens (including phenoxy) is 2. The van der Waals surface area contributed by atoms with Crippen molar-refractivity contribution in [3.8, 4) is 17.0 Å². The summed E-state index contributed by atoms with van der Waals surface area (Å²) in [5.41, 5.74) is -1.40. The Balaban J connectivity index is 2.24. The van der Waals surface area contributed by atoms with Gasteiger partial charge in [0.25, 0.3) is 0 Å². The van der Waals surface area contributed by atoms with Gasteiger partial charge in [0.15, 0.2) is 17.0 Å². The Morgan fingerprint density at radius 2 is 1.93 bits per heavy atom. The maximum Gasteiger partial charge on any atom is 0.433 e. The lowest BCUT2D eigenvalue weighted by Crippen LogP contribution is -2.14. The molecule has 0 unspecified atom stereocenters. The van der Waals surface area contributed by atoms with Crippen LogP contribution in [0, 0.1) is 0 Å². The van der Waals surface area contributed by atoms with Crippen LogP contribution in [0.2, 0.25) is 5.02 Å². The maximum absolute atomic E-state index is 13.6. The normalized spacial score (nSPS) is 11.6. The van der Waals surface area contributed by atoms with Crippen molar-refractivity contribution in [3.05, 3.63) is 46.7 Å². The lowest BCUT2D eigenvalue weighted by Gasteiger charge is -2.11. The molecular weight excluding hydrogens is 387 g/mol. The van der Waals surface area contributed by atoms with Crippen molar-refractivity contribution in [1.82, 2.24) is 14.6 Å². The molecule has 0 N–H and O–H groups in total. The van der Waals surface area contributed by atoms with Crippen molar-refractivity contribution in [2.24, 2.45) is 0 Å². The number of hydrogen-bond acceptors (Lipinski definition) is 5. The van der Waals surface area contributed by atoms with Crippen molar-refractivity contribution < 1.29 is 27.4 Å². The summed E-state index contributed by atoms with van der Waals surface area (Å²) in [7, 11) is 1.48. The number of rotatable bonds is 4. The molecule has 0 amide bonds. The number of alkyl halides is 3. The van der Waals surface area contributed by atoms with Crippen LogP contribution in [0.1, 0.15) is 23.1 Å². The van der Waals surface area contributed by atoms with Crippen LogP contribution in [-0.4, -0.2) is 34.3 Å². The number of hydrogen-bond donors (Lipinski definition) is 0. The molecule has 0 radical (unpaired) electrons. The van der Waals surface area contributed by atoms with Gasteiger partial charge in [-0.15, -0.1) is 0 Å². The molecular formula is C17H13ClF3N3O3. The fraction of sp³-hybridized carbons (Fsp3) is 0.235. The summed E-state index contributed by atoms with van der Waals surface area (Å²) in [5, 5.41) is 3.36. The van der Waals surface area contributed by atoms with Crippen LogP contribution in [0.3, 0.4) is 0 Å². The summed E-state index contributed by atoms with van der Waals surface area (Å²) in [6, 6.07) is 7.16. The van der Waals surface area contributed by atoms with Gasteiger partial charge in [-0.2, -0.15) is 18.3 Å². The highest BCUT2D eigenvalue weighted by molar-refractivity contribution is 6.36. The maximum atomic E-state index is 13.6. The number of nitrogens with zero attached hydrogens (tertiary/aromatic N) is 3. The lowest BCUT2D eigenvalue weighted by atomic mass is 10.1. The summed E-state index contributed by atoms with van der Waals surface area (Å²) < 4.78 is 51.0. The van der Waals surface area contributed by atoms with E-state index in [0.717, 1.165) is 6.07 Å². The van der Waals surface area contributed by atoms with Gasteiger partial charge in [0.1, 0.15) is 10.8 Å². The second-order valence-electron chi connectivity index (χ2n) is 5.37. The van der Waals surface area contributed by atoms with Crippen LogP contribution < -0.4 is 4.74 Å². The monoisotopic (exact) mass is 399 g/mol. The molecule has 2 aromatic heterocycles. The smallest absolute Gasteiger partial charge is 0.433 e. The van der Waals surface area contributed by atoms with E-state index in [9.17, 15) is 18.0 Å². The predicted octanol–water partition coefficient (Wildman–Crippen LogP) is 4.25. The molecule has 0 fully saturated rings. The Kier molecular flexibility index (Phi) is 4.97. The minimum atomic E-state index is -4.75. The number of halogens is 4. The highest BCUT2D eigenvalue weighted by Crippen LogP contribution is 2.35. The number of methoxy groups -OCH3 is 1. The van der Waals surface area contributed by atoms with Crippen molar-refractivity contribution in [1.29, 1.82) is 0 Å². The van der Waals surface area contributed by atoms with E-state index in [1.807, 2.05) is 0 Å². The van der Waals surface area contributed by atoms with Gasteiger partial charge in [-0.05, 0) is 37.3 Å². The van der Waals surface area contributed by atoms with E-state index in [4.69, 9.17) is 21.1 Å². The van der Waals surface area contributed by atoms with E-state index in [-0.39, 0.29) is 23.0 Å². The second kappa shape index (κ2) is 7.07. The van der Waals surface area contributed by atoms with Crippen LogP contribution >= 0.6 is 11.6 Å². The quantitative estimate of drug-likeness (QED) is 0.613. The number of benzene rings is 1. The first-order valence-electron chi connectivity index (χ1n) is 7.74. The number of fused-ring (bicyclic) bond motifs is 1. The summed E-state index contributed by atoms with van der Waals surface area (Å²) in [5.74, 6) is -0.380. The standard InChI is InChI=1S/C17H13ClF3N3O3/c1-3-27-16(25)14-13(18)15-22-11(9-4-6-10(26-2)7-5-9)8-12(17(19,20)21)24(15)23-14/h4-8H,3H2,1-2H3. The number of carbonyl (C=O) groups excluding carboxylic acids is 1. The van der Waals surface area contributed by atoms with E-state index in [0.29, 0.717) is 15.8 Å². The third-order valence-corrected chi connectivity index (χ3v) is 4.03. The number of carbonyl (C=O) groups is 1. The fourth-order valence-corrected chi connectivity index (χ4v) is 2.67. The molecule has 142 valence electrons. The molecule has 1 aromatic carbocycles. The minimum Gasteiger partial charge on any atom is -0.497 e. The average Bonchev–Trinajstić information content (AvgIpc) is 2.97. The van der Waals surface area contributed by atoms with E-state index in [1.165, 1.54) is 7.11 Å². The Morgan fingerprint density at radius 3 is 2.48 bits per heavy atom. The molecule has 10 heteroatoms. The lowest BCUT2D eigenvalue weighted by molar-refractivity contribution is -0.142. The molecule has 27 heavy (non-hydrogen) atoms.